The van der Waals surface area contributed by atoms with Crippen molar-refractivity contribution in [3.05, 3.63) is 9.39 Å². The van der Waals surface area contributed by atoms with Crippen LogP contribution in [0.2, 0.25) is 0 Å². The third kappa shape index (κ3) is 2.43. The second-order valence-corrected chi connectivity index (χ2v) is 5.21. The average molecular weight is 279 g/mol. The van der Waals surface area contributed by atoms with Gasteiger partial charge in [-0.2, -0.15) is 0 Å². The van der Waals surface area contributed by atoms with Gasteiger partial charge in [0.25, 0.3) is 0 Å². The SMILES string of the molecule is Cn1nnc(I)c1CC(C)(C)C. The summed E-state index contributed by atoms with van der Waals surface area (Å²) in [7, 11) is 1.94. The van der Waals surface area contributed by atoms with Crippen molar-refractivity contribution in [3.63, 3.8) is 0 Å². The Hall–Kier alpha value is -0.130. The predicted octanol–water partition coefficient (Wildman–Crippen LogP) is 2.01. The van der Waals surface area contributed by atoms with Gasteiger partial charge < -0.3 is 0 Å². The van der Waals surface area contributed by atoms with Crippen molar-refractivity contribution in [2.45, 2.75) is 27.2 Å². The molecule has 1 heterocycles. The van der Waals surface area contributed by atoms with Crippen LogP contribution in [0.15, 0.2) is 0 Å². The third-order valence-electron chi connectivity index (χ3n) is 1.59. The number of rotatable bonds is 1. The monoisotopic (exact) mass is 279 g/mol. The Morgan fingerprint density at radius 3 is 2.33 bits per heavy atom. The number of nitrogens with zero attached hydrogens (tertiary/aromatic N) is 3. The normalized spacial score (nSPS) is 12.1. The lowest BCUT2D eigenvalue weighted by atomic mass is 9.91. The summed E-state index contributed by atoms with van der Waals surface area (Å²) in [5.74, 6) is 0. The van der Waals surface area contributed by atoms with E-state index in [1.807, 2.05) is 11.7 Å². The highest BCUT2D eigenvalue weighted by molar-refractivity contribution is 14.1. The number of aryl methyl sites for hydroxylation is 1. The topological polar surface area (TPSA) is 30.7 Å². The van der Waals surface area contributed by atoms with E-state index >= 15 is 0 Å². The molecule has 0 unspecified atom stereocenters. The number of hydrogen-bond acceptors (Lipinski definition) is 2. The van der Waals surface area contributed by atoms with Gasteiger partial charge in [-0.15, -0.1) is 5.10 Å². The van der Waals surface area contributed by atoms with Gasteiger partial charge in [-0.25, -0.2) is 0 Å². The van der Waals surface area contributed by atoms with Crippen LogP contribution in [0.25, 0.3) is 0 Å². The molecule has 0 N–H and O–H groups in total. The van der Waals surface area contributed by atoms with E-state index in [0.717, 1.165) is 10.1 Å². The number of hydrogen-bond donors (Lipinski definition) is 0. The van der Waals surface area contributed by atoms with Crippen LogP contribution in [0, 0.1) is 9.12 Å². The molecule has 68 valence electrons. The molecule has 1 aromatic heterocycles. The molecule has 0 saturated heterocycles. The van der Waals surface area contributed by atoms with Crippen molar-refractivity contribution in [1.82, 2.24) is 15.0 Å². The van der Waals surface area contributed by atoms with Crippen molar-refractivity contribution in [2.24, 2.45) is 12.5 Å². The highest BCUT2D eigenvalue weighted by Crippen LogP contribution is 2.22. The zero-order chi connectivity index (χ0) is 9.35. The van der Waals surface area contributed by atoms with Crippen LogP contribution in [0.3, 0.4) is 0 Å². The first kappa shape index (κ1) is 9.95. The van der Waals surface area contributed by atoms with Gasteiger partial charge in [0.2, 0.25) is 0 Å². The Balaban J connectivity index is 2.88. The molecule has 0 aliphatic carbocycles. The highest BCUT2D eigenvalue weighted by atomic mass is 127. The maximum atomic E-state index is 4.00. The van der Waals surface area contributed by atoms with E-state index in [-0.39, 0.29) is 0 Å². The van der Waals surface area contributed by atoms with E-state index in [4.69, 9.17) is 0 Å². The molecule has 0 atom stereocenters. The Morgan fingerprint density at radius 2 is 2.00 bits per heavy atom. The first-order chi connectivity index (χ1) is 5.40. The maximum absolute atomic E-state index is 4.00. The van der Waals surface area contributed by atoms with E-state index in [9.17, 15) is 0 Å². The molecule has 0 aliphatic heterocycles. The Labute approximate surface area is 86.7 Å². The summed E-state index contributed by atoms with van der Waals surface area (Å²) >= 11 is 2.23. The number of aromatic nitrogens is 3. The van der Waals surface area contributed by atoms with Gasteiger partial charge in [0.05, 0.1) is 5.69 Å². The molecule has 0 aliphatic rings. The largest absolute Gasteiger partial charge is 0.251 e. The van der Waals surface area contributed by atoms with Crippen LogP contribution in [0.4, 0.5) is 0 Å². The van der Waals surface area contributed by atoms with Crippen molar-refractivity contribution in [2.75, 3.05) is 0 Å². The average Bonchev–Trinajstić information content (AvgIpc) is 2.16. The summed E-state index contributed by atoms with van der Waals surface area (Å²) < 4.78 is 2.87. The molecule has 0 bridgehead atoms. The molecule has 0 amide bonds. The lowest BCUT2D eigenvalue weighted by molar-refractivity contribution is 0.397. The molecule has 1 rings (SSSR count). The summed E-state index contributed by atoms with van der Waals surface area (Å²) in [5.41, 5.74) is 1.53. The first-order valence-electron chi connectivity index (χ1n) is 3.94. The summed E-state index contributed by atoms with van der Waals surface area (Å²) in [6.07, 6.45) is 1.02. The fourth-order valence-corrected chi connectivity index (χ4v) is 1.68. The summed E-state index contributed by atoms with van der Waals surface area (Å²) in [4.78, 5) is 0. The lowest BCUT2D eigenvalue weighted by Gasteiger charge is -2.17. The van der Waals surface area contributed by atoms with Crippen LogP contribution in [-0.2, 0) is 13.5 Å². The van der Waals surface area contributed by atoms with Crippen LogP contribution in [0.1, 0.15) is 26.5 Å². The minimum atomic E-state index is 0.301. The smallest absolute Gasteiger partial charge is 0.146 e. The second kappa shape index (κ2) is 3.32. The maximum Gasteiger partial charge on any atom is 0.146 e. The molecule has 0 fully saturated rings. The quantitative estimate of drug-likeness (QED) is 0.736. The molecule has 1 aromatic rings. The van der Waals surface area contributed by atoms with Gasteiger partial charge in [0.1, 0.15) is 3.70 Å². The van der Waals surface area contributed by atoms with Crippen molar-refractivity contribution < 1.29 is 0 Å². The minimum absolute atomic E-state index is 0.301. The predicted molar refractivity (Wildman–Crippen MR) is 56.9 cm³/mol. The summed E-state index contributed by atoms with van der Waals surface area (Å²) in [5, 5.41) is 7.96. The molecule has 0 spiro atoms. The van der Waals surface area contributed by atoms with E-state index in [1.165, 1.54) is 5.69 Å². The lowest BCUT2D eigenvalue weighted by Crippen LogP contribution is -2.13. The molecule has 3 nitrogen and oxygen atoms in total. The molecule has 0 aromatic carbocycles. The van der Waals surface area contributed by atoms with Crippen molar-refractivity contribution in [1.29, 1.82) is 0 Å². The first-order valence-corrected chi connectivity index (χ1v) is 5.02. The Morgan fingerprint density at radius 1 is 1.42 bits per heavy atom. The van der Waals surface area contributed by atoms with E-state index in [1.54, 1.807) is 0 Å². The molecular weight excluding hydrogens is 265 g/mol. The number of halogens is 1. The summed E-state index contributed by atoms with van der Waals surface area (Å²) in [6, 6.07) is 0. The van der Waals surface area contributed by atoms with Crippen molar-refractivity contribution >= 4 is 22.6 Å². The van der Waals surface area contributed by atoms with Crippen LogP contribution < -0.4 is 0 Å². The van der Waals surface area contributed by atoms with E-state index in [2.05, 4.69) is 53.7 Å². The van der Waals surface area contributed by atoms with Crippen LogP contribution >= 0.6 is 22.6 Å². The van der Waals surface area contributed by atoms with Gasteiger partial charge in [-0.05, 0) is 34.4 Å². The fraction of sp³-hybridized carbons (Fsp3) is 0.750. The minimum Gasteiger partial charge on any atom is -0.251 e. The standard InChI is InChI=1S/C8H14IN3/c1-8(2,3)5-6-7(9)10-11-12(6)4/h5H2,1-4H3. The van der Waals surface area contributed by atoms with Gasteiger partial charge in [0.15, 0.2) is 0 Å². The zero-order valence-electron chi connectivity index (χ0n) is 7.93. The van der Waals surface area contributed by atoms with E-state index < -0.39 is 0 Å². The summed E-state index contributed by atoms with van der Waals surface area (Å²) in [6.45, 7) is 6.65. The van der Waals surface area contributed by atoms with Gasteiger partial charge >= 0.3 is 0 Å². The molecule has 0 saturated carbocycles. The highest BCUT2D eigenvalue weighted by Gasteiger charge is 2.17. The Bertz CT molecular complexity index is 253. The molecule has 12 heavy (non-hydrogen) atoms. The molecule has 0 radical (unpaired) electrons. The molecule has 4 heteroatoms. The van der Waals surface area contributed by atoms with Crippen molar-refractivity contribution in [3.8, 4) is 0 Å². The zero-order valence-corrected chi connectivity index (χ0v) is 10.1. The van der Waals surface area contributed by atoms with Gasteiger partial charge in [0, 0.05) is 7.05 Å². The van der Waals surface area contributed by atoms with Crippen LogP contribution in [-0.4, -0.2) is 15.0 Å². The Kier molecular flexibility index (Phi) is 2.75. The third-order valence-corrected chi connectivity index (χ3v) is 2.43. The van der Waals surface area contributed by atoms with Crippen LogP contribution in [0.5, 0.6) is 0 Å². The van der Waals surface area contributed by atoms with Gasteiger partial charge in [-0.1, -0.05) is 26.0 Å². The second-order valence-electron chi connectivity index (χ2n) is 4.19. The van der Waals surface area contributed by atoms with Gasteiger partial charge in [-0.3, -0.25) is 4.68 Å². The fourth-order valence-electron chi connectivity index (χ4n) is 1.04. The molecular formula is C8H14IN3. The van der Waals surface area contributed by atoms with E-state index in [0.29, 0.717) is 5.41 Å².